The van der Waals surface area contributed by atoms with Gasteiger partial charge in [-0.3, -0.25) is 4.79 Å². The molecule has 0 aliphatic heterocycles. The number of hydrogen-bond donors (Lipinski definition) is 0. The molecule has 260 valence electrons. The summed E-state index contributed by atoms with van der Waals surface area (Å²) >= 11 is 0. The fraction of sp³-hybridized carbons (Fsp3) is 0.275. The van der Waals surface area contributed by atoms with Crippen LogP contribution in [0.1, 0.15) is 49.1 Å². The second-order valence-electron chi connectivity index (χ2n) is 11.3. The number of carbonyl (C=O) groups excluding carboxylic acids is 3. The van der Waals surface area contributed by atoms with E-state index in [9.17, 15) is 14.4 Å². The molecule has 1 aromatic heterocycles. The molecule has 0 radical (unpaired) electrons. The number of unbranched alkanes of at least 4 members (excludes halogenated alkanes) is 2. The molecule has 0 saturated heterocycles. The van der Waals surface area contributed by atoms with Crippen molar-refractivity contribution in [2.24, 2.45) is 5.92 Å². The summed E-state index contributed by atoms with van der Waals surface area (Å²) in [5, 5.41) is 8.28. The van der Waals surface area contributed by atoms with Crippen molar-refractivity contribution >= 4 is 29.9 Å². The van der Waals surface area contributed by atoms with Crippen LogP contribution in [0.2, 0.25) is 0 Å². The minimum atomic E-state index is -0.416. The maximum atomic E-state index is 12.6. The molecule has 0 saturated carbocycles. The first kappa shape index (κ1) is 37.1. The van der Waals surface area contributed by atoms with Gasteiger partial charge < -0.3 is 23.4 Å². The summed E-state index contributed by atoms with van der Waals surface area (Å²) < 4.78 is 27.2. The van der Waals surface area contributed by atoms with Crippen molar-refractivity contribution in [3.05, 3.63) is 127 Å². The van der Waals surface area contributed by atoms with Gasteiger partial charge in [-0.15, -0.1) is 10.2 Å². The molecule has 0 fully saturated rings. The zero-order valence-electron chi connectivity index (χ0n) is 28.0. The van der Waals surface area contributed by atoms with Crippen LogP contribution >= 0.6 is 0 Å². The summed E-state index contributed by atoms with van der Waals surface area (Å²) in [6.07, 6.45) is 19.5. The molecule has 1 unspecified atom stereocenters. The van der Waals surface area contributed by atoms with Crippen LogP contribution in [-0.2, 0) is 35.0 Å². The van der Waals surface area contributed by atoms with Gasteiger partial charge in [-0.25, -0.2) is 9.59 Å². The predicted molar refractivity (Wildman–Crippen MR) is 191 cm³/mol. The number of hydrogen-bond acceptors (Lipinski definition) is 10. The number of ether oxygens (including phenoxy) is 4. The minimum Gasteiger partial charge on any atom is -0.494 e. The van der Waals surface area contributed by atoms with Gasteiger partial charge in [0.05, 0.1) is 26.4 Å². The Balaban J connectivity index is 1.14. The highest BCUT2D eigenvalue weighted by atomic mass is 16.5. The number of aromatic nitrogens is 2. The van der Waals surface area contributed by atoms with E-state index in [4.69, 9.17) is 23.4 Å². The van der Waals surface area contributed by atoms with E-state index in [0.29, 0.717) is 44.6 Å². The number of nitrogens with zero attached hydrogens (tertiary/aromatic N) is 2. The third-order valence-electron chi connectivity index (χ3n) is 7.38. The molecular weight excluding hydrogens is 636 g/mol. The molecule has 50 heavy (non-hydrogen) atoms. The van der Waals surface area contributed by atoms with Crippen LogP contribution in [0.3, 0.4) is 0 Å². The lowest BCUT2D eigenvalue weighted by Gasteiger charge is -2.14. The minimum absolute atomic E-state index is 0.0166. The van der Waals surface area contributed by atoms with Crippen molar-refractivity contribution in [3.8, 4) is 17.2 Å². The Morgan fingerprint density at radius 1 is 0.800 bits per heavy atom. The molecule has 0 N–H and O–H groups in total. The Morgan fingerprint density at radius 2 is 1.46 bits per heavy atom. The van der Waals surface area contributed by atoms with E-state index in [1.54, 1.807) is 12.2 Å². The quantitative estimate of drug-likeness (QED) is 0.0637. The smallest absolute Gasteiger partial charge is 0.330 e. The summed E-state index contributed by atoms with van der Waals surface area (Å²) in [6.45, 7) is 8.50. The SMILES string of the molecule is C=CC(=O)OCCCCOC1=CCC(/C=C/C(=O)Cc2ccc(-c3nnc(/C=C/c4ccc(OCCCCOC(=O)C=C)cc4)o3)cc2)C=C1. The van der Waals surface area contributed by atoms with Crippen LogP contribution in [-0.4, -0.2) is 54.3 Å². The highest BCUT2D eigenvalue weighted by Gasteiger charge is 2.10. The van der Waals surface area contributed by atoms with E-state index in [-0.39, 0.29) is 18.1 Å². The Hall–Kier alpha value is -5.77. The van der Waals surface area contributed by atoms with Crippen LogP contribution in [0.5, 0.6) is 5.75 Å². The Bertz CT molecular complexity index is 1700. The Kier molecular flexibility index (Phi) is 15.2. The summed E-state index contributed by atoms with van der Waals surface area (Å²) in [4.78, 5) is 34.7. The standard InChI is InChI=1S/C40H42N2O8/c1-3-38(44)48-27-7-5-25-46-35-20-12-30(13-21-35)11-19-34(43)29-32-9-17-33(18-10-32)40-42-41-37(50-40)24-16-31-14-22-36(23-15-31)47-26-6-8-28-49-39(45)4-2/h3-4,9-12,14-24,30H,1-2,5-8,13,25-29H2/b19-11+,24-16+. The second kappa shape index (κ2) is 20.6. The molecule has 4 rings (SSSR count). The average molecular weight is 679 g/mol. The van der Waals surface area contributed by atoms with Gasteiger partial charge in [0, 0.05) is 30.2 Å². The lowest BCUT2D eigenvalue weighted by atomic mass is 9.98. The van der Waals surface area contributed by atoms with Gasteiger partial charge in [0.1, 0.15) is 11.5 Å². The van der Waals surface area contributed by atoms with E-state index in [1.807, 2.05) is 78.9 Å². The first-order valence-corrected chi connectivity index (χ1v) is 16.6. The summed E-state index contributed by atoms with van der Waals surface area (Å²) in [6, 6.07) is 15.1. The molecule has 1 heterocycles. The van der Waals surface area contributed by atoms with Crippen LogP contribution in [0.15, 0.2) is 114 Å². The number of esters is 2. The summed E-state index contributed by atoms with van der Waals surface area (Å²) in [7, 11) is 0. The maximum Gasteiger partial charge on any atom is 0.330 e. The van der Waals surface area contributed by atoms with E-state index >= 15 is 0 Å². The molecule has 0 amide bonds. The Morgan fingerprint density at radius 3 is 2.10 bits per heavy atom. The number of ketones is 1. The number of allylic oxidation sites excluding steroid dienone is 5. The van der Waals surface area contributed by atoms with E-state index < -0.39 is 11.9 Å². The second-order valence-corrected chi connectivity index (χ2v) is 11.3. The molecule has 10 nitrogen and oxygen atoms in total. The van der Waals surface area contributed by atoms with E-state index in [0.717, 1.165) is 66.0 Å². The van der Waals surface area contributed by atoms with Gasteiger partial charge in [0.25, 0.3) is 0 Å². The van der Waals surface area contributed by atoms with Crippen molar-refractivity contribution in [1.82, 2.24) is 10.2 Å². The van der Waals surface area contributed by atoms with Crippen LogP contribution in [0, 0.1) is 5.92 Å². The average Bonchev–Trinajstić information content (AvgIpc) is 3.63. The van der Waals surface area contributed by atoms with Crippen LogP contribution in [0.25, 0.3) is 23.6 Å². The van der Waals surface area contributed by atoms with Gasteiger partial charge in [0.15, 0.2) is 5.78 Å². The lowest BCUT2D eigenvalue weighted by Crippen LogP contribution is -2.04. The summed E-state index contributed by atoms with van der Waals surface area (Å²) in [5.74, 6) is 1.63. The molecule has 3 aromatic rings. The lowest BCUT2D eigenvalue weighted by molar-refractivity contribution is -0.138. The van der Waals surface area contributed by atoms with Gasteiger partial charge in [-0.05, 0) is 97.7 Å². The topological polar surface area (TPSA) is 127 Å². The monoisotopic (exact) mass is 678 g/mol. The molecule has 0 spiro atoms. The molecule has 1 aliphatic carbocycles. The first-order valence-electron chi connectivity index (χ1n) is 16.6. The molecule has 0 bridgehead atoms. The Labute approximate surface area is 292 Å². The third kappa shape index (κ3) is 13.4. The zero-order valence-corrected chi connectivity index (χ0v) is 28.0. The van der Waals surface area contributed by atoms with Crippen LogP contribution < -0.4 is 4.74 Å². The predicted octanol–water partition coefficient (Wildman–Crippen LogP) is 7.45. The van der Waals surface area contributed by atoms with Crippen molar-refractivity contribution in [1.29, 1.82) is 0 Å². The normalized spacial score (nSPS) is 13.9. The van der Waals surface area contributed by atoms with Gasteiger partial charge in [-0.1, -0.05) is 49.6 Å². The fourth-order valence-corrected chi connectivity index (χ4v) is 4.64. The molecule has 10 heteroatoms. The van der Waals surface area contributed by atoms with Crippen LogP contribution in [0.4, 0.5) is 0 Å². The van der Waals surface area contributed by atoms with Crippen molar-refractivity contribution in [2.75, 3.05) is 26.4 Å². The number of rotatable bonds is 21. The van der Waals surface area contributed by atoms with Gasteiger partial charge >= 0.3 is 11.9 Å². The van der Waals surface area contributed by atoms with Gasteiger partial charge in [-0.2, -0.15) is 0 Å². The zero-order chi connectivity index (χ0) is 35.4. The molecule has 1 aliphatic rings. The first-order chi connectivity index (χ1) is 24.4. The number of benzene rings is 2. The van der Waals surface area contributed by atoms with Gasteiger partial charge in [0.2, 0.25) is 11.8 Å². The highest BCUT2D eigenvalue weighted by molar-refractivity contribution is 5.91. The largest absolute Gasteiger partial charge is 0.494 e. The third-order valence-corrected chi connectivity index (χ3v) is 7.38. The van der Waals surface area contributed by atoms with Crippen molar-refractivity contribution in [3.63, 3.8) is 0 Å². The van der Waals surface area contributed by atoms with Crippen molar-refractivity contribution < 1.29 is 37.7 Å². The van der Waals surface area contributed by atoms with E-state index in [2.05, 4.69) is 23.4 Å². The highest BCUT2D eigenvalue weighted by Crippen LogP contribution is 2.22. The summed E-state index contributed by atoms with van der Waals surface area (Å²) in [5.41, 5.74) is 2.59. The molecular formula is C40H42N2O8. The van der Waals surface area contributed by atoms with Crippen molar-refractivity contribution in [2.45, 2.75) is 38.5 Å². The molecule has 1 atom stereocenters. The fourth-order valence-electron chi connectivity index (χ4n) is 4.64. The van der Waals surface area contributed by atoms with E-state index in [1.165, 1.54) is 0 Å². The molecule has 2 aromatic carbocycles. The maximum absolute atomic E-state index is 12.6. The number of carbonyl (C=O) groups is 3.